The normalized spacial score (nSPS) is 19.3. The molecule has 0 spiro atoms. The summed E-state index contributed by atoms with van der Waals surface area (Å²) in [7, 11) is 0. The van der Waals surface area contributed by atoms with Crippen LogP contribution in [0, 0.1) is 0 Å². The van der Waals surface area contributed by atoms with E-state index in [1.807, 2.05) is 0 Å². The van der Waals surface area contributed by atoms with Crippen molar-refractivity contribution in [2.45, 2.75) is 6.10 Å². The van der Waals surface area contributed by atoms with Crippen molar-refractivity contribution in [3.05, 3.63) is 23.4 Å². The first-order chi connectivity index (χ1) is 6.18. The Labute approximate surface area is 73.6 Å². The number of rotatable bonds is 1. The fourth-order valence-corrected chi connectivity index (χ4v) is 1.19. The molecule has 1 aliphatic rings. The SMILES string of the molecule is O=C(O)c1cnc2c(c1)C(O)CO2. The summed E-state index contributed by atoms with van der Waals surface area (Å²) < 4.78 is 4.99. The molecule has 0 radical (unpaired) electrons. The zero-order chi connectivity index (χ0) is 9.42. The van der Waals surface area contributed by atoms with E-state index in [0.717, 1.165) is 0 Å². The van der Waals surface area contributed by atoms with Gasteiger partial charge in [0.2, 0.25) is 5.88 Å². The van der Waals surface area contributed by atoms with Gasteiger partial charge in [-0.1, -0.05) is 0 Å². The molecule has 0 saturated heterocycles. The highest BCUT2D eigenvalue weighted by molar-refractivity contribution is 5.87. The van der Waals surface area contributed by atoms with E-state index >= 15 is 0 Å². The number of hydrogen-bond acceptors (Lipinski definition) is 4. The first-order valence-electron chi connectivity index (χ1n) is 3.72. The molecule has 13 heavy (non-hydrogen) atoms. The lowest BCUT2D eigenvalue weighted by Gasteiger charge is -1.99. The van der Waals surface area contributed by atoms with Gasteiger partial charge in [-0.2, -0.15) is 0 Å². The van der Waals surface area contributed by atoms with E-state index in [1.165, 1.54) is 12.3 Å². The lowest BCUT2D eigenvalue weighted by molar-refractivity contribution is 0.0696. The minimum Gasteiger partial charge on any atom is -0.478 e. The highest BCUT2D eigenvalue weighted by Gasteiger charge is 2.24. The summed E-state index contributed by atoms with van der Waals surface area (Å²) in [6, 6.07) is 1.38. The molecular formula is C8H7NO4. The molecule has 0 saturated carbocycles. The van der Waals surface area contributed by atoms with Crippen LogP contribution in [-0.4, -0.2) is 27.8 Å². The maximum absolute atomic E-state index is 10.5. The summed E-state index contributed by atoms with van der Waals surface area (Å²) in [4.78, 5) is 14.3. The average molecular weight is 181 g/mol. The number of nitrogens with zero attached hydrogens (tertiary/aromatic N) is 1. The van der Waals surface area contributed by atoms with Crippen molar-refractivity contribution in [1.29, 1.82) is 0 Å². The second-order valence-electron chi connectivity index (χ2n) is 2.75. The monoisotopic (exact) mass is 181 g/mol. The number of carboxylic acids is 1. The van der Waals surface area contributed by atoms with Gasteiger partial charge in [-0.25, -0.2) is 9.78 Å². The number of pyridine rings is 1. The number of aliphatic hydroxyl groups excluding tert-OH is 1. The lowest BCUT2D eigenvalue weighted by Crippen LogP contribution is -2.00. The van der Waals surface area contributed by atoms with Crippen LogP contribution in [-0.2, 0) is 0 Å². The van der Waals surface area contributed by atoms with E-state index in [4.69, 9.17) is 9.84 Å². The Balaban J connectivity index is 2.47. The van der Waals surface area contributed by atoms with Gasteiger partial charge >= 0.3 is 5.97 Å². The number of fused-ring (bicyclic) bond motifs is 1. The number of aromatic carboxylic acids is 1. The van der Waals surface area contributed by atoms with Gasteiger partial charge in [0.05, 0.1) is 5.56 Å². The van der Waals surface area contributed by atoms with E-state index < -0.39 is 12.1 Å². The van der Waals surface area contributed by atoms with Crippen LogP contribution in [0.5, 0.6) is 5.88 Å². The zero-order valence-electron chi connectivity index (χ0n) is 6.60. The minimum atomic E-state index is -1.06. The van der Waals surface area contributed by atoms with E-state index in [-0.39, 0.29) is 12.2 Å². The van der Waals surface area contributed by atoms with Gasteiger partial charge in [-0.05, 0) is 6.07 Å². The van der Waals surface area contributed by atoms with Crippen molar-refractivity contribution in [3.63, 3.8) is 0 Å². The number of aliphatic hydroxyl groups is 1. The summed E-state index contributed by atoms with van der Waals surface area (Å²) in [5, 5.41) is 18.0. The first-order valence-corrected chi connectivity index (χ1v) is 3.72. The van der Waals surface area contributed by atoms with Gasteiger partial charge in [0.25, 0.3) is 0 Å². The third-order valence-corrected chi connectivity index (χ3v) is 1.86. The van der Waals surface area contributed by atoms with E-state index in [2.05, 4.69) is 4.98 Å². The smallest absolute Gasteiger partial charge is 0.337 e. The molecular weight excluding hydrogens is 174 g/mol. The van der Waals surface area contributed by atoms with Crippen molar-refractivity contribution in [3.8, 4) is 5.88 Å². The predicted octanol–water partition coefficient (Wildman–Crippen LogP) is 0.206. The van der Waals surface area contributed by atoms with Gasteiger partial charge in [0.15, 0.2) is 0 Å². The van der Waals surface area contributed by atoms with Gasteiger partial charge < -0.3 is 14.9 Å². The van der Waals surface area contributed by atoms with Crippen LogP contribution in [0.2, 0.25) is 0 Å². The quantitative estimate of drug-likeness (QED) is 0.647. The number of carboxylic acid groups (broad SMARTS) is 1. The zero-order valence-corrected chi connectivity index (χ0v) is 6.60. The Morgan fingerprint density at radius 3 is 3.15 bits per heavy atom. The van der Waals surface area contributed by atoms with Crippen LogP contribution >= 0.6 is 0 Å². The van der Waals surface area contributed by atoms with Crippen LogP contribution in [0.4, 0.5) is 0 Å². The van der Waals surface area contributed by atoms with Crippen LogP contribution in [0.25, 0.3) is 0 Å². The molecule has 2 heterocycles. The Morgan fingerprint density at radius 1 is 1.69 bits per heavy atom. The van der Waals surface area contributed by atoms with Crippen molar-refractivity contribution in [1.82, 2.24) is 4.98 Å². The van der Waals surface area contributed by atoms with Crippen LogP contribution < -0.4 is 4.74 Å². The first kappa shape index (κ1) is 8.00. The molecule has 1 aromatic rings. The second kappa shape index (κ2) is 2.70. The fraction of sp³-hybridized carbons (Fsp3) is 0.250. The number of ether oxygens (including phenoxy) is 1. The summed E-state index contributed by atoms with van der Waals surface area (Å²) >= 11 is 0. The third-order valence-electron chi connectivity index (χ3n) is 1.86. The molecule has 1 unspecified atom stereocenters. The maximum atomic E-state index is 10.5. The molecule has 1 atom stereocenters. The van der Waals surface area contributed by atoms with E-state index in [1.54, 1.807) is 0 Å². The second-order valence-corrected chi connectivity index (χ2v) is 2.75. The minimum absolute atomic E-state index is 0.0586. The number of hydrogen-bond donors (Lipinski definition) is 2. The number of aromatic nitrogens is 1. The van der Waals surface area contributed by atoms with Crippen LogP contribution in [0.15, 0.2) is 12.3 Å². The van der Waals surface area contributed by atoms with E-state index in [9.17, 15) is 9.90 Å². The molecule has 5 nitrogen and oxygen atoms in total. The summed E-state index contributed by atoms with van der Waals surface area (Å²) in [6.45, 7) is 0.144. The predicted molar refractivity (Wildman–Crippen MR) is 41.7 cm³/mol. The molecule has 0 bridgehead atoms. The summed E-state index contributed by atoms with van der Waals surface area (Å²) in [5.74, 6) is -0.744. The summed E-state index contributed by atoms with van der Waals surface area (Å²) in [5.41, 5.74) is 0.503. The van der Waals surface area contributed by atoms with E-state index in [0.29, 0.717) is 11.4 Å². The largest absolute Gasteiger partial charge is 0.478 e. The lowest BCUT2D eigenvalue weighted by atomic mass is 10.1. The van der Waals surface area contributed by atoms with Crippen molar-refractivity contribution < 1.29 is 19.7 Å². The Bertz CT molecular complexity index is 363. The van der Waals surface area contributed by atoms with Crippen molar-refractivity contribution >= 4 is 5.97 Å². The van der Waals surface area contributed by atoms with Gasteiger partial charge in [-0.3, -0.25) is 0 Å². The van der Waals surface area contributed by atoms with Crippen LogP contribution in [0.3, 0.4) is 0 Å². The Hall–Kier alpha value is -1.62. The number of carbonyl (C=O) groups is 1. The topological polar surface area (TPSA) is 79.7 Å². The molecule has 2 rings (SSSR count). The average Bonchev–Trinajstić information content (AvgIpc) is 2.47. The van der Waals surface area contributed by atoms with Crippen LogP contribution in [0.1, 0.15) is 22.0 Å². The molecule has 0 amide bonds. The fourth-order valence-electron chi connectivity index (χ4n) is 1.19. The third kappa shape index (κ3) is 1.23. The van der Waals surface area contributed by atoms with Gasteiger partial charge in [0, 0.05) is 11.8 Å². The molecule has 68 valence electrons. The van der Waals surface area contributed by atoms with Crippen molar-refractivity contribution in [2.75, 3.05) is 6.61 Å². The van der Waals surface area contributed by atoms with Gasteiger partial charge in [-0.15, -0.1) is 0 Å². The molecule has 0 fully saturated rings. The molecule has 0 aromatic carbocycles. The Kier molecular flexibility index (Phi) is 1.66. The van der Waals surface area contributed by atoms with Crippen molar-refractivity contribution in [2.24, 2.45) is 0 Å². The highest BCUT2D eigenvalue weighted by Crippen LogP contribution is 2.30. The molecule has 1 aromatic heterocycles. The molecule has 2 N–H and O–H groups in total. The molecule has 5 heteroatoms. The standard InChI is InChI=1S/C8H7NO4/c10-6-3-13-7-5(6)1-4(2-9-7)8(11)12/h1-2,6,10H,3H2,(H,11,12). The molecule has 0 aliphatic carbocycles. The highest BCUT2D eigenvalue weighted by atomic mass is 16.5. The Morgan fingerprint density at radius 2 is 2.46 bits per heavy atom. The maximum Gasteiger partial charge on any atom is 0.337 e. The van der Waals surface area contributed by atoms with Gasteiger partial charge in [0.1, 0.15) is 12.7 Å². The molecule has 1 aliphatic heterocycles. The summed E-state index contributed by atoms with van der Waals surface area (Å²) in [6.07, 6.45) is 0.445.